The lowest BCUT2D eigenvalue weighted by Crippen LogP contribution is -2.25. The topological polar surface area (TPSA) is 46.3 Å². The van der Waals surface area contributed by atoms with Crippen LogP contribution in [0.1, 0.15) is 38.3 Å². The highest BCUT2D eigenvalue weighted by Crippen LogP contribution is 2.24. The standard InChI is InChI=1S/C16H24N2O/c1-16(2,3)14-6-4-12(5-7-14)10-18-11-13(9-17)8-15(18)19/h4-7,13H,8-11,17H2,1-3H3. The molecular weight excluding hydrogens is 236 g/mol. The highest BCUT2D eigenvalue weighted by Gasteiger charge is 2.28. The van der Waals surface area contributed by atoms with Gasteiger partial charge in [-0.25, -0.2) is 0 Å². The zero-order chi connectivity index (χ0) is 14.0. The first-order valence-corrected chi connectivity index (χ1v) is 6.97. The van der Waals surface area contributed by atoms with Gasteiger partial charge in [-0.3, -0.25) is 4.79 Å². The van der Waals surface area contributed by atoms with E-state index in [0.717, 1.165) is 6.54 Å². The summed E-state index contributed by atoms with van der Waals surface area (Å²) in [5.74, 6) is 0.566. The molecule has 1 saturated heterocycles. The molecule has 2 N–H and O–H groups in total. The van der Waals surface area contributed by atoms with Crippen molar-refractivity contribution in [1.29, 1.82) is 0 Å². The fourth-order valence-corrected chi connectivity index (χ4v) is 2.50. The average molecular weight is 260 g/mol. The van der Waals surface area contributed by atoms with E-state index >= 15 is 0 Å². The van der Waals surface area contributed by atoms with Crippen LogP contribution >= 0.6 is 0 Å². The summed E-state index contributed by atoms with van der Waals surface area (Å²) in [5.41, 5.74) is 8.33. The van der Waals surface area contributed by atoms with E-state index in [0.29, 0.717) is 25.4 Å². The monoisotopic (exact) mass is 260 g/mol. The van der Waals surface area contributed by atoms with E-state index in [-0.39, 0.29) is 11.3 Å². The van der Waals surface area contributed by atoms with Gasteiger partial charge < -0.3 is 10.6 Å². The second kappa shape index (κ2) is 5.33. The van der Waals surface area contributed by atoms with Gasteiger partial charge in [0, 0.05) is 19.5 Å². The lowest BCUT2D eigenvalue weighted by Gasteiger charge is -2.20. The molecule has 0 saturated carbocycles. The van der Waals surface area contributed by atoms with Crippen LogP contribution in [0.15, 0.2) is 24.3 Å². The smallest absolute Gasteiger partial charge is 0.223 e. The molecule has 0 radical (unpaired) electrons. The van der Waals surface area contributed by atoms with Crippen molar-refractivity contribution in [2.75, 3.05) is 13.1 Å². The molecule has 1 heterocycles. The van der Waals surface area contributed by atoms with Crippen molar-refractivity contribution in [3.8, 4) is 0 Å². The molecule has 1 unspecified atom stereocenters. The molecule has 2 rings (SSSR count). The van der Waals surface area contributed by atoms with Crippen LogP contribution in [-0.2, 0) is 16.8 Å². The first-order valence-electron chi connectivity index (χ1n) is 6.97. The minimum atomic E-state index is 0.173. The van der Waals surface area contributed by atoms with Gasteiger partial charge in [-0.1, -0.05) is 45.0 Å². The Morgan fingerprint density at radius 2 is 1.89 bits per heavy atom. The quantitative estimate of drug-likeness (QED) is 0.906. The summed E-state index contributed by atoms with van der Waals surface area (Å²) in [6.45, 7) is 8.73. The van der Waals surface area contributed by atoms with E-state index in [1.807, 2.05) is 4.90 Å². The Labute approximate surface area is 115 Å². The summed E-state index contributed by atoms with van der Waals surface area (Å²) < 4.78 is 0. The predicted molar refractivity (Wildman–Crippen MR) is 77.7 cm³/mol. The molecule has 19 heavy (non-hydrogen) atoms. The lowest BCUT2D eigenvalue weighted by molar-refractivity contribution is -0.128. The first kappa shape index (κ1) is 14.1. The van der Waals surface area contributed by atoms with Crippen LogP contribution in [0.2, 0.25) is 0 Å². The predicted octanol–water partition coefficient (Wildman–Crippen LogP) is 2.29. The van der Waals surface area contributed by atoms with Crippen LogP contribution in [0.25, 0.3) is 0 Å². The molecule has 1 fully saturated rings. The molecule has 1 aromatic carbocycles. The minimum absolute atomic E-state index is 0.173. The molecule has 0 aliphatic carbocycles. The lowest BCUT2D eigenvalue weighted by atomic mass is 9.87. The number of hydrogen-bond acceptors (Lipinski definition) is 2. The number of rotatable bonds is 3. The van der Waals surface area contributed by atoms with E-state index in [2.05, 4.69) is 45.0 Å². The number of hydrogen-bond donors (Lipinski definition) is 1. The number of nitrogens with two attached hydrogens (primary N) is 1. The van der Waals surface area contributed by atoms with Crippen LogP contribution < -0.4 is 5.73 Å². The molecule has 1 amide bonds. The van der Waals surface area contributed by atoms with Gasteiger partial charge in [0.15, 0.2) is 0 Å². The van der Waals surface area contributed by atoms with Gasteiger partial charge in [-0.15, -0.1) is 0 Å². The molecule has 1 atom stereocenters. The van der Waals surface area contributed by atoms with Crippen molar-refractivity contribution in [2.45, 2.75) is 39.2 Å². The normalized spacial score (nSPS) is 20.1. The Balaban J connectivity index is 2.02. The summed E-state index contributed by atoms with van der Waals surface area (Å²) in [7, 11) is 0. The number of carbonyl (C=O) groups is 1. The highest BCUT2D eigenvalue weighted by molar-refractivity contribution is 5.78. The van der Waals surface area contributed by atoms with Gasteiger partial charge in [-0.05, 0) is 29.0 Å². The molecule has 104 valence electrons. The Bertz CT molecular complexity index is 445. The number of amides is 1. The molecule has 3 nitrogen and oxygen atoms in total. The van der Waals surface area contributed by atoms with Crippen molar-refractivity contribution in [3.05, 3.63) is 35.4 Å². The van der Waals surface area contributed by atoms with Crippen LogP contribution in [0.3, 0.4) is 0 Å². The number of benzene rings is 1. The molecule has 0 bridgehead atoms. The Morgan fingerprint density at radius 3 is 2.37 bits per heavy atom. The third-order valence-corrected chi connectivity index (χ3v) is 3.82. The van der Waals surface area contributed by atoms with Crippen molar-refractivity contribution in [1.82, 2.24) is 4.90 Å². The SMILES string of the molecule is CC(C)(C)c1ccc(CN2CC(CN)CC2=O)cc1. The first-order chi connectivity index (χ1) is 8.90. The van der Waals surface area contributed by atoms with Gasteiger partial charge >= 0.3 is 0 Å². The number of likely N-dealkylation sites (tertiary alicyclic amines) is 1. The Kier molecular flexibility index (Phi) is 3.95. The second-order valence-corrected chi connectivity index (χ2v) is 6.53. The zero-order valence-electron chi connectivity index (χ0n) is 12.1. The molecule has 0 aromatic heterocycles. The molecule has 3 heteroatoms. The van der Waals surface area contributed by atoms with Gasteiger partial charge in [0.2, 0.25) is 5.91 Å². The third-order valence-electron chi connectivity index (χ3n) is 3.82. The van der Waals surface area contributed by atoms with E-state index in [1.165, 1.54) is 11.1 Å². The number of nitrogens with zero attached hydrogens (tertiary/aromatic N) is 1. The molecule has 1 aliphatic heterocycles. The molecule has 1 aliphatic rings. The van der Waals surface area contributed by atoms with Crippen LogP contribution in [0.5, 0.6) is 0 Å². The number of carbonyl (C=O) groups excluding carboxylic acids is 1. The highest BCUT2D eigenvalue weighted by atomic mass is 16.2. The fraction of sp³-hybridized carbons (Fsp3) is 0.562. The maximum atomic E-state index is 11.8. The van der Waals surface area contributed by atoms with Gasteiger partial charge in [0.1, 0.15) is 0 Å². The molecular formula is C16H24N2O. The van der Waals surface area contributed by atoms with Crippen LogP contribution in [-0.4, -0.2) is 23.9 Å². The molecule has 0 spiro atoms. The van der Waals surface area contributed by atoms with Crippen molar-refractivity contribution in [3.63, 3.8) is 0 Å². The second-order valence-electron chi connectivity index (χ2n) is 6.53. The van der Waals surface area contributed by atoms with E-state index in [1.54, 1.807) is 0 Å². The van der Waals surface area contributed by atoms with Crippen molar-refractivity contribution in [2.24, 2.45) is 11.7 Å². The maximum absolute atomic E-state index is 11.8. The summed E-state index contributed by atoms with van der Waals surface area (Å²) in [5, 5.41) is 0. The van der Waals surface area contributed by atoms with Gasteiger partial charge in [0.05, 0.1) is 0 Å². The van der Waals surface area contributed by atoms with Gasteiger partial charge in [0.25, 0.3) is 0 Å². The average Bonchev–Trinajstić information content (AvgIpc) is 2.70. The van der Waals surface area contributed by atoms with E-state index in [9.17, 15) is 4.79 Å². The van der Waals surface area contributed by atoms with Crippen LogP contribution in [0.4, 0.5) is 0 Å². The molecule has 1 aromatic rings. The van der Waals surface area contributed by atoms with Gasteiger partial charge in [-0.2, -0.15) is 0 Å². The van der Waals surface area contributed by atoms with Crippen LogP contribution in [0, 0.1) is 5.92 Å². The Hall–Kier alpha value is -1.35. The summed E-state index contributed by atoms with van der Waals surface area (Å²) in [4.78, 5) is 13.8. The maximum Gasteiger partial charge on any atom is 0.223 e. The fourth-order valence-electron chi connectivity index (χ4n) is 2.50. The zero-order valence-corrected chi connectivity index (χ0v) is 12.1. The summed E-state index contributed by atoms with van der Waals surface area (Å²) in [6.07, 6.45) is 0.608. The summed E-state index contributed by atoms with van der Waals surface area (Å²) >= 11 is 0. The van der Waals surface area contributed by atoms with Crippen molar-refractivity contribution < 1.29 is 4.79 Å². The third kappa shape index (κ3) is 3.35. The Morgan fingerprint density at radius 1 is 1.26 bits per heavy atom. The minimum Gasteiger partial charge on any atom is -0.338 e. The van der Waals surface area contributed by atoms with Crippen molar-refractivity contribution >= 4 is 5.91 Å². The van der Waals surface area contributed by atoms with E-state index in [4.69, 9.17) is 5.73 Å². The van der Waals surface area contributed by atoms with E-state index < -0.39 is 0 Å². The summed E-state index contributed by atoms with van der Waals surface area (Å²) in [6, 6.07) is 8.58. The largest absolute Gasteiger partial charge is 0.338 e.